The SMILES string of the molecule is CCc1nn(C)c(CSc2nnc(CN)n2C2CC2)c1Br. The van der Waals surface area contributed by atoms with Gasteiger partial charge in [-0.2, -0.15) is 5.10 Å². The summed E-state index contributed by atoms with van der Waals surface area (Å²) in [6.45, 7) is 2.56. The quantitative estimate of drug-likeness (QED) is 0.790. The van der Waals surface area contributed by atoms with E-state index in [1.165, 1.54) is 18.5 Å². The first-order valence-corrected chi connectivity index (χ1v) is 8.90. The maximum absolute atomic E-state index is 5.75. The average molecular weight is 371 g/mol. The number of nitrogens with two attached hydrogens (primary N) is 1. The van der Waals surface area contributed by atoms with E-state index < -0.39 is 0 Å². The Labute approximate surface area is 136 Å². The highest BCUT2D eigenvalue weighted by molar-refractivity contribution is 9.10. The largest absolute Gasteiger partial charge is 0.324 e. The van der Waals surface area contributed by atoms with Gasteiger partial charge in [0.2, 0.25) is 0 Å². The molecule has 114 valence electrons. The van der Waals surface area contributed by atoms with Gasteiger partial charge in [0, 0.05) is 18.8 Å². The molecule has 0 saturated heterocycles. The lowest BCUT2D eigenvalue weighted by atomic mass is 10.3. The zero-order valence-electron chi connectivity index (χ0n) is 12.2. The predicted octanol–water partition coefficient (Wildman–Crippen LogP) is 2.42. The van der Waals surface area contributed by atoms with Crippen molar-refractivity contribution < 1.29 is 0 Å². The third kappa shape index (κ3) is 2.89. The number of thioether (sulfide) groups is 1. The van der Waals surface area contributed by atoms with Gasteiger partial charge in [0.05, 0.1) is 22.4 Å². The van der Waals surface area contributed by atoms with Gasteiger partial charge in [0.15, 0.2) is 5.16 Å². The number of hydrogen-bond acceptors (Lipinski definition) is 5. The molecule has 1 aliphatic carbocycles. The van der Waals surface area contributed by atoms with Crippen LogP contribution in [0.2, 0.25) is 0 Å². The van der Waals surface area contributed by atoms with E-state index in [0.717, 1.165) is 33.3 Å². The van der Waals surface area contributed by atoms with Gasteiger partial charge in [0.1, 0.15) is 5.82 Å². The van der Waals surface area contributed by atoms with Crippen LogP contribution in [0.3, 0.4) is 0 Å². The summed E-state index contributed by atoms with van der Waals surface area (Å²) in [6, 6.07) is 0.544. The zero-order valence-corrected chi connectivity index (χ0v) is 14.6. The molecule has 8 heteroatoms. The smallest absolute Gasteiger partial charge is 0.191 e. The Bertz CT molecular complexity index is 645. The van der Waals surface area contributed by atoms with E-state index in [-0.39, 0.29) is 0 Å². The minimum Gasteiger partial charge on any atom is -0.324 e. The van der Waals surface area contributed by atoms with Gasteiger partial charge in [-0.05, 0) is 35.2 Å². The Hall–Kier alpha value is -0.860. The molecule has 0 spiro atoms. The zero-order chi connectivity index (χ0) is 15.0. The molecule has 0 bridgehead atoms. The number of rotatable bonds is 6. The summed E-state index contributed by atoms with van der Waals surface area (Å²) in [6.07, 6.45) is 3.33. The maximum Gasteiger partial charge on any atom is 0.191 e. The minimum absolute atomic E-state index is 0.444. The van der Waals surface area contributed by atoms with Crippen molar-refractivity contribution in [3.63, 3.8) is 0 Å². The number of aromatic nitrogens is 5. The van der Waals surface area contributed by atoms with Gasteiger partial charge in [-0.25, -0.2) is 0 Å². The van der Waals surface area contributed by atoms with E-state index in [9.17, 15) is 0 Å². The highest BCUT2D eigenvalue weighted by Crippen LogP contribution is 2.39. The molecule has 2 N–H and O–H groups in total. The Morgan fingerprint density at radius 3 is 2.71 bits per heavy atom. The van der Waals surface area contributed by atoms with Crippen molar-refractivity contribution in [2.75, 3.05) is 0 Å². The molecule has 1 saturated carbocycles. The van der Waals surface area contributed by atoms with Crippen molar-refractivity contribution in [3.8, 4) is 0 Å². The van der Waals surface area contributed by atoms with E-state index in [2.05, 4.69) is 42.7 Å². The average Bonchev–Trinajstić information content (AvgIpc) is 3.18. The summed E-state index contributed by atoms with van der Waals surface area (Å²) in [7, 11) is 1.98. The fourth-order valence-corrected chi connectivity index (χ4v) is 4.39. The number of aryl methyl sites for hydroxylation is 2. The fourth-order valence-electron chi connectivity index (χ4n) is 2.35. The topological polar surface area (TPSA) is 74.6 Å². The van der Waals surface area contributed by atoms with Crippen molar-refractivity contribution in [2.45, 2.75) is 49.7 Å². The van der Waals surface area contributed by atoms with Gasteiger partial charge in [-0.15, -0.1) is 10.2 Å². The van der Waals surface area contributed by atoms with E-state index in [4.69, 9.17) is 5.73 Å². The first kappa shape index (κ1) is 15.1. The Morgan fingerprint density at radius 2 is 2.14 bits per heavy atom. The van der Waals surface area contributed by atoms with Crippen molar-refractivity contribution in [1.82, 2.24) is 24.5 Å². The molecule has 2 aromatic heterocycles. The van der Waals surface area contributed by atoms with Gasteiger partial charge < -0.3 is 10.3 Å². The van der Waals surface area contributed by atoms with Crippen LogP contribution in [0, 0.1) is 0 Å². The predicted molar refractivity (Wildman–Crippen MR) is 86.0 cm³/mol. The van der Waals surface area contributed by atoms with Gasteiger partial charge in [0.25, 0.3) is 0 Å². The van der Waals surface area contributed by atoms with Gasteiger partial charge in [-0.3, -0.25) is 4.68 Å². The van der Waals surface area contributed by atoms with Crippen LogP contribution in [-0.4, -0.2) is 24.5 Å². The molecule has 2 heterocycles. The molecule has 2 aromatic rings. The normalized spacial score (nSPS) is 14.9. The molecule has 0 atom stereocenters. The Morgan fingerprint density at radius 1 is 1.38 bits per heavy atom. The second-order valence-corrected chi connectivity index (χ2v) is 6.91. The molecule has 3 rings (SSSR count). The number of halogens is 1. The Balaban J connectivity index is 1.79. The monoisotopic (exact) mass is 370 g/mol. The van der Waals surface area contributed by atoms with E-state index >= 15 is 0 Å². The molecule has 0 aromatic carbocycles. The molecule has 21 heavy (non-hydrogen) atoms. The minimum atomic E-state index is 0.444. The van der Waals surface area contributed by atoms with E-state index in [1.54, 1.807) is 11.8 Å². The molecule has 0 radical (unpaired) electrons. The van der Waals surface area contributed by atoms with Gasteiger partial charge >= 0.3 is 0 Å². The molecule has 0 unspecified atom stereocenters. The van der Waals surface area contributed by atoms with Crippen LogP contribution < -0.4 is 5.73 Å². The van der Waals surface area contributed by atoms with Crippen LogP contribution in [0.5, 0.6) is 0 Å². The second kappa shape index (κ2) is 6.10. The molecule has 0 aliphatic heterocycles. The highest BCUT2D eigenvalue weighted by Gasteiger charge is 2.29. The maximum atomic E-state index is 5.75. The first-order valence-electron chi connectivity index (χ1n) is 7.12. The molecule has 0 amide bonds. The third-order valence-corrected chi connectivity index (χ3v) is 5.54. The second-order valence-electron chi connectivity index (χ2n) is 5.18. The summed E-state index contributed by atoms with van der Waals surface area (Å²) >= 11 is 5.35. The van der Waals surface area contributed by atoms with Crippen molar-refractivity contribution >= 4 is 27.7 Å². The summed E-state index contributed by atoms with van der Waals surface area (Å²) < 4.78 is 5.25. The highest BCUT2D eigenvalue weighted by atomic mass is 79.9. The molecule has 1 aliphatic rings. The van der Waals surface area contributed by atoms with Crippen LogP contribution in [-0.2, 0) is 25.8 Å². The molecular weight excluding hydrogens is 352 g/mol. The molecular formula is C13H19BrN6S. The molecule has 1 fully saturated rings. The van der Waals surface area contributed by atoms with E-state index in [0.29, 0.717) is 12.6 Å². The lowest BCUT2D eigenvalue weighted by Crippen LogP contribution is -2.08. The van der Waals surface area contributed by atoms with Crippen LogP contribution in [0.15, 0.2) is 9.63 Å². The van der Waals surface area contributed by atoms with Crippen molar-refractivity contribution in [3.05, 3.63) is 21.7 Å². The number of nitrogens with zero attached hydrogens (tertiary/aromatic N) is 5. The van der Waals surface area contributed by atoms with Crippen LogP contribution in [0.1, 0.15) is 43.0 Å². The molecule has 6 nitrogen and oxygen atoms in total. The van der Waals surface area contributed by atoms with Crippen LogP contribution in [0.4, 0.5) is 0 Å². The van der Waals surface area contributed by atoms with Gasteiger partial charge in [-0.1, -0.05) is 18.7 Å². The van der Waals surface area contributed by atoms with Crippen LogP contribution in [0.25, 0.3) is 0 Å². The first-order chi connectivity index (χ1) is 10.2. The lowest BCUT2D eigenvalue weighted by Gasteiger charge is -2.07. The standard InChI is InChI=1S/C13H19BrN6S/c1-3-9-12(14)10(19(2)18-9)7-21-13-17-16-11(6-15)20(13)8-4-5-8/h8H,3-7,15H2,1-2H3. The summed E-state index contributed by atoms with van der Waals surface area (Å²) in [5, 5.41) is 14.0. The summed E-state index contributed by atoms with van der Waals surface area (Å²) in [5.74, 6) is 1.71. The lowest BCUT2D eigenvalue weighted by molar-refractivity contribution is 0.626. The Kier molecular flexibility index (Phi) is 4.37. The fraction of sp³-hybridized carbons (Fsp3) is 0.615. The van der Waals surface area contributed by atoms with Crippen LogP contribution >= 0.6 is 27.7 Å². The third-order valence-electron chi connectivity index (χ3n) is 3.67. The van der Waals surface area contributed by atoms with Crippen molar-refractivity contribution in [2.24, 2.45) is 12.8 Å². The number of hydrogen-bond donors (Lipinski definition) is 1. The van der Waals surface area contributed by atoms with Crippen molar-refractivity contribution in [1.29, 1.82) is 0 Å². The summed E-state index contributed by atoms with van der Waals surface area (Å²) in [5.41, 5.74) is 8.03. The van der Waals surface area contributed by atoms with E-state index in [1.807, 2.05) is 11.7 Å². The summed E-state index contributed by atoms with van der Waals surface area (Å²) in [4.78, 5) is 0.